The molecule has 0 saturated carbocycles. The number of aromatic nitrogens is 5. The molecular weight excluding hydrogens is 532 g/mol. The minimum Gasteiger partial charge on any atom is -0.305 e. The van der Waals surface area contributed by atoms with Gasteiger partial charge in [0.2, 0.25) is 0 Å². The molecule has 0 amide bonds. The van der Waals surface area contributed by atoms with Gasteiger partial charge in [-0.2, -0.15) is 0 Å². The van der Waals surface area contributed by atoms with Crippen LogP contribution in [0.25, 0.3) is 32.5 Å². The van der Waals surface area contributed by atoms with Gasteiger partial charge in [-0.25, -0.2) is 4.98 Å². The number of fused-ring (bicyclic) bond motifs is 4. The van der Waals surface area contributed by atoms with Crippen molar-refractivity contribution >= 4 is 56.6 Å². The highest BCUT2D eigenvalue weighted by Crippen LogP contribution is 2.32. The van der Waals surface area contributed by atoms with Crippen molar-refractivity contribution in [1.82, 2.24) is 29.6 Å². The van der Waals surface area contributed by atoms with Crippen molar-refractivity contribution < 1.29 is 0 Å². The molecule has 198 valence electrons. The molecular formula is C29H33ClN6S2. The Morgan fingerprint density at radius 3 is 2.71 bits per heavy atom. The molecule has 0 unspecified atom stereocenters. The summed E-state index contributed by atoms with van der Waals surface area (Å²) in [6, 6.07) is 14.9. The fraction of sp³-hybridized carbons (Fsp3) is 0.379. The summed E-state index contributed by atoms with van der Waals surface area (Å²) in [5, 5.41) is 12.4. The maximum absolute atomic E-state index is 4.81. The molecule has 0 atom stereocenters. The first-order valence-corrected chi connectivity index (χ1v) is 14.9. The molecule has 0 fully saturated rings. The predicted octanol–water partition coefficient (Wildman–Crippen LogP) is 6.52. The van der Waals surface area contributed by atoms with Crippen molar-refractivity contribution in [2.75, 3.05) is 25.4 Å². The number of rotatable bonds is 7. The van der Waals surface area contributed by atoms with Gasteiger partial charge in [-0.05, 0) is 68.5 Å². The number of aryl methyl sites for hydroxylation is 2. The third kappa shape index (κ3) is 5.32. The lowest BCUT2D eigenvalue weighted by atomic mass is 10.0. The van der Waals surface area contributed by atoms with E-state index in [1.54, 1.807) is 11.8 Å². The minimum absolute atomic E-state index is 0. The lowest BCUT2D eigenvalue weighted by Gasteiger charge is -2.19. The van der Waals surface area contributed by atoms with E-state index < -0.39 is 0 Å². The number of thiazole rings is 1. The molecule has 9 heteroatoms. The Morgan fingerprint density at radius 2 is 1.84 bits per heavy atom. The Bertz CT molecular complexity index is 1580. The molecule has 0 spiro atoms. The van der Waals surface area contributed by atoms with Gasteiger partial charge >= 0.3 is 0 Å². The van der Waals surface area contributed by atoms with Gasteiger partial charge in [0, 0.05) is 42.5 Å². The molecule has 38 heavy (non-hydrogen) atoms. The van der Waals surface area contributed by atoms with Crippen LogP contribution in [0.3, 0.4) is 0 Å². The van der Waals surface area contributed by atoms with Crippen molar-refractivity contribution in [3.8, 4) is 11.4 Å². The van der Waals surface area contributed by atoms with Crippen LogP contribution in [0.15, 0.2) is 47.6 Å². The van der Waals surface area contributed by atoms with Gasteiger partial charge in [-0.15, -0.1) is 33.9 Å². The molecule has 0 saturated heterocycles. The van der Waals surface area contributed by atoms with Gasteiger partial charge in [0.25, 0.3) is 0 Å². The lowest BCUT2D eigenvalue weighted by molar-refractivity contribution is 0.289. The van der Waals surface area contributed by atoms with Crippen LogP contribution in [0.1, 0.15) is 35.2 Å². The lowest BCUT2D eigenvalue weighted by Crippen LogP contribution is -2.27. The van der Waals surface area contributed by atoms with Crippen LogP contribution >= 0.6 is 35.5 Å². The van der Waals surface area contributed by atoms with E-state index in [-0.39, 0.29) is 12.4 Å². The van der Waals surface area contributed by atoms with Gasteiger partial charge in [-0.3, -0.25) is 4.98 Å². The molecule has 1 aliphatic heterocycles. The summed E-state index contributed by atoms with van der Waals surface area (Å²) in [5.41, 5.74) is 7.34. The number of hydrogen-bond acceptors (Lipinski definition) is 7. The third-order valence-corrected chi connectivity index (χ3v) is 9.66. The number of pyridine rings is 1. The van der Waals surface area contributed by atoms with Crippen LogP contribution in [-0.2, 0) is 26.3 Å². The van der Waals surface area contributed by atoms with Crippen molar-refractivity contribution in [3.05, 3.63) is 64.3 Å². The SMILES string of the molecule is CCc1nc2ccc3c(c2s1)CCN(CCCSc1nnc(-c2cccc4nc(C)ccc24)n1C)CC3.Cl. The Morgan fingerprint density at radius 1 is 0.974 bits per heavy atom. The molecule has 0 radical (unpaired) electrons. The van der Waals surface area contributed by atoms with E-state index in [1.807, 2.05) is 24.3 Å². The average Bonchev–Trinajstić information content (AvgIpc) is 3.43. The highest BCUT2D eigenvalue weighted by Gasteiger charge is 2.18. The van der Waals surface area contributed by atoms with Crippen LogP contribution in [0.2, 0.25) is 0 Å². The predicted molar refractivity (Wildman–Crippen MR) is 162 cm³/mol. The highest BCUT2D eigenvalue weighted by atomic mass is 35.5. The van der Waals surface area contributed by atoms with Gasteiger partial charge < -0.3 is 9.47 Å². The molecule has 1 aliphatic rings. The van der Waals surface area contributed by atoms with Crippen molar-refractivity contribution in [2.24, 2.45) is 7.05 Å². The van der Waals surface area contributed by atoms with Gasteiger partial charge in [-0.1, -0.05) is 43.0 Å². The summed E-state index contributed by atoms with van der Waals surface area (Å²) >= 11 is 3.69. The summed E-state index contributed by atoms with van der Waals surface area (Å²) in [7, 11) is 2.06. The van der Waals surface area contributed by atoms with E-state index in [9.17, 15) is 0 Å². The monoisotopic (exact) mass is 564 g/mol. The summed E-state index contributed by atoms with van der Waals surface area (Å²) in [5.74, 6) is 1.93. The number of thioether (sulfide) groups is 1. The Kier molecular flexibility index (Phi) is 8.33. The smallest absolute Gasteiger partial charge is 0.191 e. The maximum Gasteiger partial charge on any atom is 0.191 e. The van der Waals surface area contributed by atoms with E-state index in [0.29, 0.717) is 0 Å². The van der Waals surface area contributed by atoms with Crippen LogP contribution in [-0.4, -0.2) is 55.0 Å². The van der Waals surface area contributed by atoms with Crippen LogP contribution in [0, 0.1) is 6.92 Å². The normalized spacial score (nSPS) is 14.0. The number of benzene rings is 2. The first-order valence-electron chi connectivity index (χ1n) is 13.1. The topological polar surface area (TPSA) is 59.7 Å². The number of hydrogen-bond donors (Lipinski definition) is 0. The second kappa shape index (κ2) is 11.7. The number of nitrogens with zero attached hydrogens (tertiary/aromatic N) is 6. The van der Waals surface area contributed by atoms with Crippen molar-refractivity contribution in [3.63, 3.8) is 0 Å². The van der Waals surface area contributed by atoms with Crippen LogP contribution < -0.4 is 0 Å². The van der Waals surface area contributed by atoms with Crippen LogP contribution in [0.5, 0.6) is 0 Å². The van der Waals surface area contributed by atoms with E-state index in [2.05, 4.69) is 75.0 Å². The quantitative estimate of drug-likeness (QED) is 0.166. The van der Waals surface area contributed by atoms with Gasteiger partial charge in [0.05, 0.1) is 20.7 Å². The molecule has 6 rings (SSSR count). The molecule has 5 aromatic rings. The van der Waals surface area contributed by atoms with E-state index in [1.165, 1.54) is 26.4 Å². The Balaban J connectivity index is 0.00000294. The first kappa shape index (κ1) is 27.1. The zero-order chi connectivity index (χ0) is 25.4. The molecule has 3 aromatic heterocycles. The zero-order valence-electron chi connectivity index (χ0n) is 22.1. The second-order valence-corrected chi connectivity index (χ2v) is 11.9. The molecule has 0 N–H and O–H groups in total. The van der Waals surface area contributed by atoms with Gasteiger partial charge in [0.1, 0.15) is 0 Å². The minimum atomic E-state index is 0. The van der Waals surface area contributed by atoms with Gasteiger partial charge in [0.15, 0.2) is 11.0 Å². The fourth-order valence-electron chi connectivity index (χ4n) is 5.26. The summed E-state index contributed by atoms with van der Waals surface area (Å²) in [6.07, 6.45) is 4.40. The first-order chi connectivity index (χ1) is 18.1. The fourth-order valence-corrected chi connectivity index (χ4v) is 7.19. The highest BCUT2D eigenvalue weighted by molar-refractivity contribution is 7.99. The summed E-state index contributed by atoms with van der Waals surface area (Å²) in [4.78, 5) is 12.1. The standard InChI is InChI=1S/C29H32N6S2.ClH/c1-4-26-31-25-12-10-20-13-16-35(17-14-21(20)27(25)37-26)15-6-18-36-29-33-32-28(34(29)3)23-7-5-8-24-22(23)11-9-19(2)30-24;/h5,7-12H,4,6,13-18H2,1-3H3;1H. The Labute approximate surface area is 238 Å². The molecule has 6 nitrogen and oxygen atoms in total. The zero-order valence-corrected chi connectivity index (χ0v) is 24.6. The molecule has 2 aromatic carbocycles. The van der Waals surface area contributed by atoms with Crippen molar-refractivity contribution in [1.29, 1.82) is 0 Å². The van der Waals surface area contributed by atoms with E-state index in [4.69, 9.17) is 4.98 Å². The second-order valence-electron chi connectivity index (χ2n) is 9.75. The summed E-state index contributed by atoms with van der Waals surface area (Å²) in [6.45, 7) is 7.59. The van der Waals surface area contributed by atoms with Crippen LogP contribution in [0.4, 0.5) is 0 Å². The van der Waals surface area contributed by atoms with Crippen molar-refractivity contribution in [2.45, 2.75) is 44.7 Å². The number of halogens is 1. The molecule has 0 bridgehead atoms. The largest absolute Gasteiger partial charge is 0.305 e. The van der Waals surface area contributed by atoms with E-state index >= 15 is 0 Å². The average molecular weight is 565 g/mol. The van der Waals surface area contributed by atoms with E-state index in [0.717, 1.165) is 84.2 Å². The molecule has 4 heterocycles. The Hall–Kier alpha value is -2.52. The third-order valence-electron chi connectivity index (χ3n) is 7.28. The molecule has 0 aliphatic carbocycles. The maximum atomic E-state index is 4.81. The summed E-state index contributed by atoms with van der Waals surface area (Å²) < 4.78 is 3.54.